The first-order valence-electron chi connectivity index (χ1n) is 12.8. The van der Waals surface area contributed by atoms with Crippen LogP contribution in [0.2, 0.25) is 0 Å². The van der Waals surface area contributed by atoms with Gasteiger partial charge in [-0.3, -0.25) is 4.79 Å². The Morgan fingerprint density at radius 1 is 1.03 bits per heavy atom. The molecule has 0 aromatic carbocycles. The van der Waals surface area contributed by atoms with Crippen LogP contribution in [0.15, 0.2) is 0 Å². The van der Waals surface area contributed by atoms with Crippen molar-refractivity contribution in [1.82, 2.24) is 0 Å². The summed E-state index contributed by atoms with van der Waals surface area (Å²) in [5.41, 5.74) is -0.186. The van der Waals surface area contributed by atoms with Gasteiger partial charge in [-0.15, -0.1) is 0 Å². The highest BCUT2D eigenvalue weighted by atomic mass is 16.4. The van der Waals surface area contributed by atoms with Crippen molar-refractivity contribution in [2.45, 2.75) is 104 Å². The summed E-state index contributed by atoms with van der Waals surface area (Å²) in [5, 5.41) is 42.9. The number of carbonyl (C=O) groups is 1. The van der Waals surface area contributed by atoms with Crippen molar-refractivity contribution in [2.75, 3.05) is 0 Å². The number of aliphatic carboxylic acids is 1. The summed E-state index contributed by atoms with van der Waals surface area (Å²) in [6.45, 7) is 8.96. The molecule has 4 saturated carbocycles. The summed E-state index contributed by atoms with van der Waals surface area (Å²) in [6.07, 6.45) is 6.09. The summed E-state index contributed by atoms with van der Waals surface area (Å²) in [6, 6.07) is 0. The number of carboxylic acid groups (broad SMARTS) is 1. The van der Waals surface area contributed by atoms with Crippen LogP contribution in [0.3, 0.4) is 0 Å². The molecule has 5 heteroatoms. The summed E-state index contributed by atoms with van der Waals surface area (Å²) >= 11 is 0. The molecule has 0 saturated heterocycles. The van der Waals surface area contributed by atoms with E-state index < -0.39 is 12.1 Å². The Bertz CT molecular complexity index is 681. The van der Waals surface area contributed by atoms with E-state index in [1.165, 1.54) is 0 Å². The molecule has 0 aromatic heterocycles. The molecule has 12 atom stereocenters. The van der Waals surface area contributed by atoms with Gasteiger partial charge in [0, 0.05) is 6.42 Å². The second-order valence-corrected chi connectivity index (χ2v) is 12.1. The largest absolute Gasteiger partial charge is 0.481 e. The van der Waals surface area contributed by atoms with Crippen LogP contribution in [0.4, 0.5) is 0 Å². The SMILES string of the molecule is CC[C@H]1C(O)C2C3CC[C@H]([C@H](C)CCC(=O)O)[C@@]3(C)[C@@H](O)CC2[C@@]2(C)CC[C@@H](O)C[C@@H]12. The fraction of sp³-hybridized carbons (Fsp3) is 0.962. The minimum Gasteiger partial charge on any atom is -0.481 e. The molecule has 31 heavy (non-hydrogen) atoms. The lowest BCUT2D eigenvalue weighted by Gasteiger charge is -2.65. The maximum Gasteiger partial charge on any atom is 0.303 e. The third-order valence-electron chi connectivity index (χ3n) is 11.1. The number of aliphatic hydroxyl groups is 3. The monoisotopic (exact) mass is 436 g/mol. The molecule has 0 aromatic rings. The number of rotatable bonds is 5. The predicted molar refractivity (Wildman–Crippen MR) is 119 cm³/mol. The molecule has 4 aliphatic carbocycles. The van der Waals surface area contributed by atoms with Crippen molar-refractivity contribution >= 4 is 5.97 Å². The number of aliphatic hydroxyl groups excluding tert-OH is 3. The normalized spacial score (nSPS) is 52.7. The number of fused-ring (bicyclic) bond motifs is 5. The third-order valence-corrected chi connectivity index (χ3v) is 11.1. The van der Waals surface area contributed by atoms with Gasteiger partial charge < -0.3 is 20.4 Å². The van der Waals surface area contributed by atoms with Gasteiger partial charge in [0.1, 0.15) is 0 Å². The van der Waals surface area contributed by atoms with Crippen LogP contribution in [0, 0.1) is 52.3 Å². The van der Waals surface area contributed by atoms with Crippen molar-refractivity contribution in [3.63, 3.8) is 0 Å². The summed E-state index contributed by atoms with van der Waals surface area (Å²) in [7, 11) is 0. The number of carboxylic acids is 1. The highest BCUT2D eigenvalue weighted by Gasteiger charge is 2.67. The first-order valence-corrected chi connectivity index (χ1v) is 12.8. The molecule has 0 bridgehead atoms. The smallest absolute Gasteiger partial charge is 0.303 e. The average molecular weight is 437 g/mol. The van der Waals surface area contributed by atoms with Crippen LogP contribution in [0.5, 0.6) is 0 Å². The van der Waals surface area contributed by atoms with E-state index in [0.29, 0.717) is 24.2 Å². The van der Waals surface area contributed by atoms with Crippen LogP contribution in [0.1, 0.15) is 85.5 Å². The lowest BCUT2D eigenvalue weighted by Crippen LogP contribution is -2.65. The maximum absolute atomic E-state index is 11.7. The van der Waals surface area contributed by atoms with Gasteiger partial charge in [-0.2, -0.15) is 0 Å². The van der Waals surface area contributed by atoms with Gasteiger partial charge in [0.15, 0.2) is 0 Å². The molecule has 4 N–H and O–H groups in total. The zero-order chi connectivity index (χ0) is 22.7. The van der Waals surface area contributed by atoms with Crippen LogP contribution >= 0.6 is 0 Å². The molecule has 4 aliphatic rings. The van der Waals surface area contributed by atoms with E-state index in [1.54, 1.807) is 0 Å². The van der Waals surface area contributed by atoms with E-state index in [4.69, 9.17) is 5.11 Å². The Morgan fingerprint density at radius 3 is 2.39 bits per heavy atom. The van der Waals surface area contributed by atoms with Crippen LogP contribution < -0.4 is 0 Å². The maximum atomic E-state index is 11.7. The van der Waals surface area contributed by atoms with Crippen molar-refractivity contribution < 1.29 is 25.2 Å². The van der Waals surface area contributed by atoms with Gasteiger partial charge in [0.25, 0.3) is 0 Å². The first-order chi connectivity index (χ1) is 14.6. The highest BCUT2D eigenvalue weighted by Crippen LogP contribution is 2.69. The summed E-state index contributed by atoms with van der Waals surface area (Å²) in [4.78, 5) is 11.1. The standard InChI is InChI=1S/C26H44O5/c1-5-16-19-12-15(27)10-11-25(19,3)20-13-21(28)26(4)17(14(2)6-9-22(29)30)7-8-18(26)23(20)24(16)31/h14-21,23-24,27-28,31H,5-13H2,1-4H3,(H,29,30)/t14-,15-,16-,17-,18?,19+,20?,21+,23?,24?,25+,26-/m1/s1. The van der Waals surface area contributed by atoms with Gasteiger partial charge in [-0.1, -0.05) is 34.1 Å². The molecule has 5 nitrogen and oxygen atoms in total. The van der Waals surface area contributed by atoms with E-state index in [2.05, 4.69) is 27.7 Å². The molecule has 4 unspecified atom stereocenters. The second-order valence-electron chi connectivity index (χ2n) is 12.1. The zero-order valence-corrected chi connectivity index (χ0v) is 19.8. The third kappa shape index (κ3) is 3.49. The molecular weight excluding hydrogens is 392 g/mol. The number of hydrogen-bond acceptors (Lipinski definition) is 4. The first kappa shape index (κ1) is 23.5. The Hall–Kier alpha value is -0.650. The van der Waals surface area contributed by atoms with E-state index in [9.17, 15) is 20.1 Å². The molecule has 0 amide bonds. The number of hydrogen-bond donors (Lipinski definition) is 4. The molecule has 4 rings (SSSR count). The fourth-order valence-corrected chi connectivity index (χ4v) is 9.44. The zero-order valence-electron chi connectivity index (χ0n) is 19.8. The molecule has 178 valence electrons. The lowest BCUT2D eigenvalue weighted by atomic mass is 9.41. The quantitative estimate of drug-likeness (QED) is 0.520. The van der Waals surface area contributed by atoms with Gasteiger partial charge in [0.2, 0.25) is 0 Å². The van der Waals surface area contributed by atoms with Gasteiger partial charge in [-0.05, 0) is 97.2 Å². The van der Waals surface area contributed by atoms with Gasteiger partial charge in [-0.25, -0.2) is 0 Å². The molecule has 4 fully saturated rings. The van der Waals surface area contributed by atoms with E-state index in [1.807, 2.05) is 0 Å². The van der Waals surface area contributed by atoms with E-state index in [-0.39, 0.29) is 53.1 Å². The Balaban J connectivity index is 1.66. The van der Waals surface area contributed by atoms with Gasteiger partial charge >= 0.3 is 5.97 Å². The molecule has 0 aliphatic heterocycles. The van der Waals surface area contributed by atoms with Crippen molar-refractivity contribution in [1.29, 1.82) is 0 Å². The van der Waals surface area contributed by atoms with Crippen molar-refractivity contribution in [3.8, 4) is 0 Å². The van der Waals surface area contributed by atoms with Crippen LogP contribution in [0.25, 0.3) is 0 Å². The topological polar surface area (TPSA) is 98.0 Å². The Kier molecular flexibility index (Phi) is 6.28. The van der Waals surface area contributed by atoms with E-state index in [0.717, 1.165) is 44.9 Å². The molecule has 0 heterocycles. The minimum atomic E-state index is -0.747. The van der Waals surface area contributed by atoms with E-state index >= 15 is 0 Å². The predicted octanol–water partition coefficient (Wildman–Crippen LogP) is 4.08. The molecule has 0 spiro atoms. The van der Waals surface area contributed by atoms with Crippen LogP contribution in [-0.2, 0) is 4.79 Å². The fourth-order valence-electron chi connectivity index (χ4n) is 9.44. The summed E-state index contributed by atoms with van der Waals surface area (Å²) < 4.78 is 0. The second kappa shape index (κ2) is 8.29. The molecular formula is C26H44O5. The van der Waals surface area contributed by atoms with Gasteiger partial charge in [0.05, 0.1) is 18.3 Å². The van der Waals surface area contributed by atoms with Crippen molar-refractivity contribution in [2.24, 2.45) is 52.3 Å². The Morgan fingerprint density at radius 2 is 1.74 bits per heavy atom. The minimum absolute atomic E-state index is 0.0686. The lowest BCUT2D eigenvalue weighted by molar-refractivity contribution is -0.228. The average Bonchev–Trinajstić information content (AvgIpc) is 3.07. The van der Waals surface area contributed by atoms with Crippen molar-refractivity contribution in [3.05, 3.63) is 0 Å². The van der Waals surface area contributed by atoms with Crippen LogP contribution in [-0.4, -0.2) is 44.7 Å². The molecule has 0 radical (unpaired) electrons. The highest BCUT2D eigenvalue weighted by molar-refractivity contribution is 5.66. The Labute approximate surface area is 187 Å². The summed E-state index contributed by atoms with van der Waals surface area (Å²) in [5.74, 6) is 1.13.